The Morgan fingerprint density at radius 1 is 1.30 bits per heavy atom. The topological polar surface area (TPSA) is 57.7 Å². The molecule has 1 unspecified atom stereocenters. The number of hydrazine groups is 1. The van der Waals surface area contributed by atoms with E-state index >= 15 is 0 Å². The first-order chi connectivity index (χ1) is 14.5. The van der Waals surface area contributed by atoms with Gasteiger partial charge in [-0.25, -0.2) is 9.99 Å². The van der Waals surface area contributed by atoms with E-state index in [-0.39, 0.29) is 11.2 Å². The average Bonchev–Trinajstić information content (AvgIpc) is 2.79. The van der Waals surface area contributed by atoms with Gasteiger partial charge in [-0.3, -0.25) is 4.79 Å². The van der Waals surface area contributed by atoms with Crippen LogP contribution in [0, 0.1) is 6.92 Å². The lowest BCUT2D eigenvalue weighted by Crippen LogP contribution is -2.58. The molecule has 162 valence electrons. The molecule has 2 aromatic rings. The van der Waals surface area contributed by atoms with Crippen molar-refractivity contribution in [3.05, 3.63) is 41.6 Å². The molecule has 0 amide bonds. The number of piperazine rings is 1. The van der Waals surface area contributed by atoms with Crippen LogP contribution in [0.3, 0.4) is 0 Å². The molecule has 3 rings (SSSR count). The molecular formula is C22H30N4O2S2. The van der Waals surface area contributed by atoms with E-state index in [4.69, 9.17) is 4.74 Å². The van der Waals surface area contributed by atoms with E-state index in [1.165, 1.54) is 27.9 Å². The Labute approximate surface area is 187 Å². The fraction of sp³-hybridized carbons (Fsp3) is 0.455. The minimum atomic E-state index is -0.278. The van der Waals surface area contributed by atoms with Gasteiger partial charge in [-0.15, -0.1) is 11.8 Å². The monoisotopic (exact) mass is 446 g/mol. The Bertz CT molecular complexity index is 893. The molecule has 0 bridgehead atoms. The van der Waals surface area contributed by atoms with Crippen molar-refractivity contribution in [2.75, 3.05) is 49.6 Å². The normalized spacial score (nSPS) is 17.1. The summed E-state index contributed by atoms with van der Waals surface area (Å²) in [5, 5.41) is 2.18. The zero-order valence-corrected chi connectivity index (χ0v) is 19.9. The minimum Gasteiger partial charge on any atom is -0.479 e. The summed E-state index contributed by atoms with van der Waals surface area (Å²) in [4.78, 5) is 21.0. The highest BCUT2D eigenvalue weighted by molar-refractivity contribution is 8.13. The lowest BCUT2D eigenvalue weighted by atomic mass is 10.1. The molecule has 0 spiro atoms. The van der Waals surface area contributed by atoms with Crippen LogP contribution in [0.5, 0.6) is 5.88 Å². The second-order valence-electron chi connectivity index (χ2n) is 7.11. The van der Waals surface area contributed by atoms with Crippen molar-refractivity contribution in [1.82, 2.24) is 9.99 Å². The van der Waals surface area contributed by atoms with Gasteiger partial charge in [0.05, 0.1) is 12.8 Å². The maximum Gasteiger partial charge on any atom is 0.238 e. The summed E-state index contributed by atoms with van der Waals surface area (Å²) in [6.07, 6.45) is 4.82. The predicted molar refractivity (Wildman–Crippen MR) is 128 cm³/mol. The second-order valence-corrected chi connectivity index (χ2v) is 8.76. The smallest absolute Gasteiger partial charge is 0.238 e. The fourth-order valence-corrected chi connectivity index (χ4v) is 4.83. The lowest BCUT2D eigenvalue weighted by Gasteiger charge is -2.42. The largest absolute Gasteiger partial charge is 0.479 e. The number of thioether (sulfide) groups is 2. The van der Waals surface area contributed by atoms with E-state index < -0.39 is 0 Å². The van der Waals surface area contributed by atoms with Gasteiger partial charge in [0.1, 0.15) is 11.7 Å². The molecule has 6 nitrogen and oxygen atoms in total. The van der Waals surface area contributed by atoms with Gasteiger partial charge in [0, 0.05) is 30.2 Å². The summed E-state index contributed by atoms with van der Waals surface area (Å²) >= 11 is 3.01. The van der Waals surface area contributed by atoms with Crippen LogP contribution in [0.15, 0.2) is 35.2 Å². The molecule has 0 radical (unpaired) electrons. The molecule has 1 aromatic carbocycles. The number of carbonyl (C=O) groups is 1. The van der Waals surface area contributed by atoms with Crippen LogP contribution >= 0.6 is 23.5 Å². The molecule has 1 atom stereocenters. The van der Waals surface area contributed by atoms with E-state index in [0.717, 1.165) is 24.3 Å². The highest BCUT2D eigenvalue weighted by atomic mass is 32.2. The minimum absolute atomic E-state index is 0.142. The average molecular weight is 447 g/mol. The van der Waals surface area contributed by atoms with Crippen LogP contribution < -0.4 is 15.1 Å². The molecule has 1 N–H and O–H groups in total. The van der Waals surface area contributed by atoms with Gasteiger partial charge in [0.25, 0.3) is 0 Å². The van der Waals surface area contributed by atoms with E-state index in [0.29, 0.717) is 19.0 Å². The molecule has 0 saturated carbocycles. The number of ether oxygens (including phenoxy) is 1. The van der Waals surface area contributed by atoms with Gasteiger partial charge in [-0.1, -0.05) is 30.8 Å². The van der Waals surface area contributed by atoms with E-state index in [1.807, 2.05) is 18.2 Å². The molecule has 1 fully saturated rings. The van der Waals surface area contributed by atoms with Crippen LogP contribution in [0.25, 0.3) is 0 Å². The van der Waals surface area contributed by atoms with Crippen molar-refractivity contribution < 1.29 is 9.53 Å². The molecule has 1 aliphatic rings. The summed E-state index contributed by atoms with van der Waals surface area (Å²) in [5.41, 5.74) is 7.57. The molecule has 30 heavy (non-hydrogen) atoms. The van der Waals surface area contributed by atoms with Crippen LogP contribution in [0.2, 0.25) is 0 Å². The summed E-state index contributed by atoms with van der Waals surface area (Å²) in [6, 6.07) is 10.2. The third kappa shape index (κ3) is 4.87. The number of nitrogens with one attached hydrogen (secondary N) is 1. The Hall–Kier alpha value is -1.90. The van der Waals surface area contributed by atoms with Crippen molar-refractivity contribution in [2.45, 2.75) is 31.2 Å². The number of anilines is 2. The Kier molecular flexibility index (Phi) is 7.91. The van der Waals surface area contributed by atoms with Gasteiger partial charge in [-0.2, -0.15) is 0 Å². The van der Waals surface area contributed by atoms with Crippen LogP contribution in [-0.2, 0) is 11.2 Å². The summed E-state index contributed by atoms with van der Waals surface area (Å²) < 4.78 is 5.51. The van der Waals surface area contributed by atoms with Gasteiger partial charge < -0.3 is 15.1 Å². The first-order valence-corrected chi connectivity index (χ1v) is 12.5. The van der Waals surface area contributed by atoms with Crippen LogP contribution in [-0.4, -0.2) is 60.4 Å². The third-order valence-corrected chi connectivity index (χ3v) is 6.86. The highest BCUT2D eigenvalue weighted by Gasteiger charge is 2.33. The van der Waals surface area contributed by atoms with Crippen LogP contribution in [0.1, 0.15) is 18.2 Å². The van der Waals surface area contributed by atoms with E-state index in [9.17, 15) is 4.79 Å². The van der Waals surface area contributed by atoms with Crippen LogP contribution in [0.4, 0.5) is 11.4 Å². The molecule has 2 heterocycles. The SMILES string of the molecule is CCc1cc(NN2CCN(c3ccccc3SC)CC2C(=O)SC)c(OC)nc1C. The summed E-state index contributed by atoms with van der Waals surface area (Å²) in [6.45, 7) is 6.27. The first kappa shape index (κ1) is 22.8. The number of aromatic nitrogens is 1. The van der Waals surface area contributed by atoms with Gasteiger partial charge in [0.2, 0.25) is 11.0 Å². The lowest BCUT2D eigenvalue weighted by molar-refractivity contribution is -0.115. The number of methoxy groups -OCH3 is 1. The van der Waals surface area contributed by atoms with E-state index in [1.54, 1.807) is 18.9 Å². The quantitative estimate of drug-likeness (QED) is 0.638. The zero-order valence-electron chi connectivity index (χ0n) is 18.3. The second kappa shape index (κ2) is 10.4. The zero-order chi connectivity index (χ0) is 21.7. The Morgan fingerprint density at radius 3 is 2.73 bits per heavy atom. The number of hydrogen-bond donors (Lipinski definition) is 1. The number of carbonyl (C=O) groups excluding carboxylic acids is 1. The van der Waals surface area contributed by atoms with E-state index in [2.05, 4.69) is 58.8 Å². The summed E-state index contributed by atoms with van der Waals surface area (Å²) in [5.74, 6) is 0.551. The first-order valence-electron chi connectivity index (χ1n) is 10.1. The van der Waals surface area contributed by atoms with Gasteiger partial charge in [-0.05, 0) is 49.6 Å². The molecule has 8 heteroatoms. The fourth-order valence-electron chi connectivity index (χ4n) is 3.74. The number of para-hydroxylation sites is 1. The van der Waals surface area contributed by atoms with Crippen molar-refractivity contribution in [2.24, 2.45) is 0 Å². The van der Waals surface area contributed by atoms with Crippen molar-refractivity contribution in [3.63, 3.8) is 0 Å². The number of pyridine rings is 1. The highest BCUT2D eigenvalue weighted by Crippen LogP contribution is 2.32. The number of hydrogen-bond acceptors (Lipinski definition) is 8. The maximum absolute atomic E-state index is 12.8. The number of nitrogens with zero attached hydrogens (tertiary/aromatic N) is 3. The number of rotatable bonds is 7. The van der Waals surface area contributed by atoms with Crippen molar-refractivity contribution >= 4 is 40.0 Å². The third-order valence-electron chi connectivity index (χ3n) is 5.40. The van der Waals surface area contributed by atoms with Gasteiger partial charge in [0.15, 0.2) is 0 Å². The number of aryl methyl sites for hydroxylation is 2. The molecule has 1 aliphatic heterocycles. The molecule has 1 saturated heterocycles. The molecular weight excluding hydrogens is 416 g/mol. The Morgan fingerprint density at radius 2 is 2.07 bits per heavy atom. The molecule has 1 aromatic heterocycles. The maximum atomic E-state index is 12.8. The number of benzene rings is 1. The van der Waals surface area contributed by atoms with Crippen molar-refractivity contribution in [3.8, 4) is 5.88 Å². The predicted octanol–water partition coefficient (Wildman–Crippen LogP) is 4.09. The Balaban J connectivity index is 1.87. The van der Waals surface area contributed by atoms with Gasteiger partial charge >= 0.3 is 0 Å². The molecule has 0 aliphatic carbocycles. The summed E-state index contributed by atoms with van der Waals surface area (Å²) in [7, 11) is 1.63. The van der Waals surface area contributed by atoms with Crippen molar-refractivity contribution in [1.29, 1.82) is 0 Å². The standard InChI is InChI=1S/C22H30N4O2S2/c1-6-16-13-17(21(28-3)23-15(16)2)24-26-12-11-25(14-19(26)22(27)30-5)18-9-7-8-10-20(18)29-4/h7-10,13,19,24H,6,11-12,14H2,1-5H3.